The highest BCUT2D eigenvalue weighted by Gasteiger charge is 2.14. The van der Waals surface area contributed by atoms with Gasteiger partial charge < -0.3 is 9.47 Å². The van der Waals surface area contributed by atoms with E-state index in [1.165, 1.54) is 36.9 Å². The van der Waals surface area contributed by atoms with E-state index in [0.29, 0.717) is 11.4 Å². The smallest absolute Gasteiger partial charge is 0.357 e. The van der Waals surface area contributed by atoms with Crippen molar-refractivity contribution in [1.29, 1.82) is 0 Å². The van der Waals surface area contributed by atoms with Gasteiger partial charge in [-0.15, -0.1) is 22.7 Å². The number of carbonyl (C=O) groups excluding carboxylic acids is 2. The number of benzene rings is 1. The summed E-state index contributed by atoms with van der Waals surface area (Å²) in [6, 6.07) is 7.59. The minimum Gasteiger partial charge on any atom is -0.464 e. The Bertz CT molecular complexity index is 810. The van der Waals surface area contributed by atoms with Gasteiger partial charge in [-0.2, -0.15) is 0 Å². The van der Waals surface area contributed by atoms with Gasteiger partial charge in [0.2, 0.25) is 0 Å². The Morgan fingerprint density at radius 3 is 1.50 bits per heavy atom. The van der Waals surface area contributed by atoms with E-state index in [0.717, 1.165) is 21.1 Å². The number of thiazole rings is 2. The van der Waals surface area contributed by atoms with Crippen molar-refractivity contribution >= 4 is 34.6 Å². The zero-order chi connectivity index (χ0) is 17.1. The molecule has 0 radical (unpaired) electrons. The summed E-state index contributed by atoms with van der Waals surface area (Å²) in [4.78, 5) is 31.4. The Morgan fingerprint density at radius 2 is 1.17 bits per heavy atom. The largest absolute Gasteiger partial charge is 0.464 e. The van der Waals surface area contributed by atoms with E-state index in [1.54, 1.807) is 10.8 Å². The van der Waals surface area contributed by atoms with Crippen molar-refractivity contribution in [3.05, 3.63) is 46.4 Å². The van der Waals surface area contributed by atoms with Gasteiger partial charge in [0.05, 0.1) is 14.2 Å². The van der Waals surface area contributed by atoms with Crippen LogP contribution in [0.1, 0.15) is 21.0 Å². The number of nitrogens with zero attached hydrogens (tertiary/aromatic N) is 2. The van der Waals surface area contributed by atoms with Crippen molar-refractivity contribution in [2.75, 3.05) is 14.2 Å². The lowest BCUT2D eigenvalue weighted by atomic mass is 10.1. The molecule has 2 aromatic heterocycles. The number of aromatic nitrogens is 2. The van der Waals surface area contributed by atoms with E-state index in [1.807, 2.05) is 24.3 Å². The molecular weight excluding hydrogens is 348 g/mol. The predicted molar refractivity (Wildman–Crippen MR) is 91.3 cm³/mol. The van der Waals surface area contributed by atoms with Gasteiger partial charge >= 0.3 is 11.9 Å². The molecule has 3 aromatic rings. The maximum absolute atomic E-state index is 11.5. The Kier molecular flexibility index (Phi) is 4.68. The molecule has 0 aliphatic carbocycles. The van der Waals surface area contributed by atoms with Crippen LogP contribution in [-0.2, 0) is 9.47 Å². The molecule has 0 unspecified atom stereocenters. The van der Waals surface area contributed by atoms with Gasteiger partial charge in [-0.1, -0.05) is 24.3 Å². The minimum atomic E-state index is -0.452. The van der Waals surface area contributed by atoms with Gasteiger partial charge in [0.15, 0.2) is 11.4 Å². The lowest BCUT2D eigenvalue weighted by Gasteiger charge is -1.99. The summed E-state index contributed by atoms with van der Waals surface area (Å²) >= 11 is 2.75. The molecule has 0 spiro atoms. The second-order valence-electron chi connectivity index (χ2n) is 4.64. The lowest BCUT2D eigenvalue weighted by molar-refractivity contribution is 0.0586. The first-order valence-electron chi connectivity index (χ1n) is 6.81. The van der Waals surface area contributed by atoms with Crippen LogP contribution < -0.4 is 0 Å². The van der Waals surface area contributed by atoms with Crippen molar-refractivity contribution in [2.24, 2.45) is 0 Å². The molecule has 0 saturated heterocycles. The highest BCUT2D eigenvalue weighted by Crippen LogP contribution is 2.29. The molecule has 24 heavy (non-hydrogen) atoms. The van der Waals surface area contributed by atoms with E-state index in [9.17, 15) is 9.59 Å². The monoisotopic (exact) mass is 360 g/mol. The maximum Gasteiger partial charge on any atom is 0.357 e. The van der Waals surface area contributed by atoms with E-state index in [4.69, 9.17) is 0 Å². The first-order valence-corrected chi connectivity index (χ1v) is 8.57. The van der Waals surface area contributed by atoms with Crippen LogP contribution in [0, 0.1) is 0 Å². The third kappa shape index (κ3) is 3.19. The first kappa shape index (κ1) is 16.3. The summed E-state index contributed by atoms with van der Waals surface area (Å²) in [6.07, 6.45) is 0. The Hall–Kier alpha value is -2.58. The number of ether oxygens (including phenoxy) is 2. The Balaban J connectivity index is 1.83. The van der Waals surface area contributed by atoms with Crippen LogP contribution >= 0.6 is 22.7 Å². The second kappa shape index (κ2) is 6.90. The topological polar surface area (TPSA) is 78.4 Å². The number of methoxy groups -OCH3 is 2. The fourth-order valence-electron chi connectivity index (χ4n) is 1.96. The molecule has 0 aliphatic rings. The molecule has 0 bridgehead atoms. The number of esters is 2. The van der Waals surface area contributed by atoms with E-state index >= 15 is 0 Å². The van der Waals surface area contributed by atoms with Crippen molar-refractivity contribution < 1.29 is 19.1 Å². The van der Waals surface area contributed by atoms with Crippen LogP contribution in [0.2, 0.25) is 0 Å². The van der Waals surface area contributed by atoms with Crippen LogP contribution in [0.4, 0.5) is 0 Å². The molecule has 0 fully saturated rings. The number of carbonyl (C=O) groups is 2. The molecule has 1 aromatic carbocycles. The van der Waals surface area contributed by atoms with E-state index in [2.05, 4.69) is 19.4 Å². The highest BCUT2D eigenvalue weighted by atomic mass is 32.1. The van der Waals surface area contributed by atoms with Gasteiger partial charge in [-0.3, -0.25) is 0 Å². The van der Waals surface area contributed by atoms with Crippen LogP contribution in [0.3, 0.4) is 0 Å². The molecule has 0 atom stereocenters. The average Bonchev–Trinajstić information content (AvgIpc) is 3.30. The standard InChI is InChI=1S/C16H12N2O4S2/c1-21-15(19)11-7-23-13(17-11)9-3-5-10(6-4-9)14-18-12(8-24-14)16(20)22-2/h3-8H,1-2H3. The highest BCUT2D eigenvalue weighted by molar-refractivity contribution is 7.13. The summed E-state index contributed by atoms with van der Waals surface area (Å²) in [5.74, 6) is -0.903. The fourth-order valence-corrected chi connectivity index (χ4v) is 3.56. The molecule has 0 saturated carbocycles. The van der Waals surface area contributed by atoms with Gasteiger partial charge in [0.25, 0.3) is 0 Å². The molecule has 0 aliphatic heterocycles. The van der Waals surface area contributed by atoms with Gasteiger partial charge in [-0.05, 0) is 0 Å². The second-order valence-corrected chi connectivity index (χ2v) is 6.35. The van der Waals surface area contributed by atoms with Crippen LogP contribution in [0.25, 0.3) is 21.1 Å². The molecular formula is C16H12N2O4S2. The van der Waals surface area contributed by atoms with Crippen LogP contribution in [-0.4, -0.2) is 36.1 Å². The van der Waals surface area contributed by atoms with Crippen molar-refractivity contribution in [2.45, 2.75) is 0 Å². The quantitative estimate of drug-likeness (QED) is 0.663. The fraction of sp³-hybridized carbons (Fsp3) is 0.125. The summed E-state index contributed by atoms with van der Waals surface area (Å²) in [7, 11) is 2.65. The summed E-state index contributed by atoms with van der Waals surface area (Å²) < 4.78 is 9.31. The SMILES string of the molecule is COC(=O)c1csc(-c2ccc(-c3nc(C(=O)OC)cs3)cc2)n1. The van der Waals surface area contributed by atoms with Gasteiger partial charge in [0.1, 0.15) is 10.0 Å². The number of rotatable bonds is 4. The van der Waals surface area contributed by atoms with E-state index in [-0.39, 0.29) is 0 Å². The van der Waals surface area contributed by atoms with Crippen LogP contribution in [0.15, 0.2) is 35.0 Å². The maximum atomic E-state index is 11.5. The number of hydrogen-bond donors (Lipinski definition) is 0. The van der Waals surface area contributed by atoms with Crippen molar-refractivity contribution in [1.82, 2.24) is 9.97 Å². The zero-order valence-corrected chi connectivity index (χ0v) is 14.4. The van der Waals surface area contributed by atoms with Gasteiger partial charge in [0, 0.05) is 21.9 Å². The third-order valence-electron chi connectivity index (χ3n) is 3.18. The van der Waals surface area contributed by atoms with Crippen molar-refractivity contribution in [3.8, 4) is 21.1 Å². The minimum absolute atomic E-state index is 0.296. The molecule has 0 amide bonds. The Labute approximate surface area is 145 Å². The summed E-state index contributed by atoms with van der Waals surface area (Å²) in [5.41, 5.74) is 2.38. The van der Waals surface area contributed by atoms with Crippen LogP contribution in [0.5, 0.6) is 0 Å². The summed E-state index contributed by atoms with van der Waals surface area (Å²) in [5, 5.41) is 4.80. The molecule has 122 valence electrons. The number of hydrogen-bond acceptors (Lipinski definition) is 8. The molecule has 3 rings (SSSR count). The van der Waals surface area contributed by atoms with Crippen molar-refractivity contribution in [3.63, 3.8) is 0 Å². The van der Waals surface area contributed by atoms with E-state index < -0.39 is 11.9 Å². The average molecular weight is 360 g/mol. The molecule has 0 N–H and O–H groups in total. The predicted octanol–water partition coefficient (Wildman–Crippen LogP) is 3.51. The normalized spacial score (nSPS) is 10.4. The lowest BCUT2D eigenvalue weighted by Crippen LogP contribution is -2.01. The molecule has 8 heteroatoms. The molecule has 6 nitrogen and oxygen atoms in total. The first-order chi connectivity index (χ1) is 11.6. The molecule has 2 heterocycles. The summed E-state index contributed by atoms with van der Waals surface area (Å²) in [6.45, 7) is 0. The van der Waals surface area contributed by atoms with Gasteiger partial charge in [-0.25, -0.2) is 19.6 Å². The zero-order valence-electron chi connectivity index (χ0n) is 12.8. The Morgan fingerprint density at radius 1 is 0.792 bits per heavy atom. The third-order valence-corrected chi connectivity index (χ3v) is 4.96.